The van der Waals surface area contributed by atoms with E-state index >= 15 is 0 Å². The Morgan fingerprint density at radius 1 is 1.12 bits per heavy atom. The van der Waals surface area contributed by atoms with Crippen molar-refractivity contribution in [3.63, 3.8) is 0 Å². The molecule has 0 fully saturated rings. The number of rotatable bonds is 11. The van der Waals surface area contributed by atoms with Crippen LogP contribution in [0, 0.1) is 0 Å². The number of ether oxygens (including phenoxy) is 2. The second-order valence-electron chi connectivity index (χ2n) is 6.75. The van der Waals surface area contributed by atoms with E-state index in [-0.39, 0.29) is 12.1 Å². The summed E-state index contributed by atoms with van der Waals surface area (Å²) in [5, 5.41) is 0. The molecule has 26 heavy (non-hydrogen) atoms. The highest BCUT2D eigenvalue weighted by atomic mass is 16.5. The van der Waals surface area contributed by atoms with Gasteiger partial charge in [0.15, 0.2) is 0 Å². The number of methoxy groups -OCH3 is 1. The summed E-state index contributed by atoms with van der Waals surface area (Å²) in [4.78, 5) is 15.6. The van der Waals surface area contributed by atoms with Crippen molar-refractivity contribution in [1.82, 2.24) is 9.55 Å². The normalized spacial score (nSPS) is 10.9. The summed E-state index contributed by atoms with van der Waals surface area (Å²) in [6, 6.07) is 8.03. The summed E-state index contributed by atoms with van der Waals surface area (Å²) < 4.78 is 12.7. The summed E-state index contributed by atoms with van der Waals surface area (Å²) in [6.45, 7) is 5.01. The number of hydrogen-bond donors (Lipinski definition) is 0. The second kappa shape index (κ2) is 10.6. The van der Waals surface area contributed by atoms with E-state index < -0.39 is 0 Å². The SMILES string of the molecule is COC(=O)CCCCCCCn1cnc(-c2ccccc2OC(C)C)c1. The van der Waals surface area contributed by atoms with Gasteiger partial charge in [0.2, 0.25) is 0 Å². The van der Waals surface area contributed by atoms with Crippen molar-refractivity contribution < 1.29 is 14.3 Å². The Bertz CT molecular complexity index is 679. The first-order valence-electron chi connectivity index (χ1n) is 9.45. The van der Waals surface area contributed by atoms with E-state index in [0.29, 0.717) is 6.42 Å². The van der Waals surface area contributed by atoms with Crippen molar-refractivity contribution in [2.24, 2.45) is 0 Å². The monoisotopic (exact) mass is 358 g/mol. The van der Waals surface area contributed by atoms with Crippen LogP contribution >= 0.6 is 0 Å². The Morgan fingerprint density at radius 3 is 2.62 bits per heavy atom. The first-order chi connectivity index (χ1) is 12.6. The lowest BCUT2D eigenvalue weighted by Gasteiger charge is -2.12. The second-order valence-corrected chi connectivity index (χ2v) is 6.75. The van der Waals surface area contributed by atoms with Gasteiger partial charge >= 0.3 is 5.97 Å². The summed E-state index contributed by atoms with van der Waals surface area (Å²) in [5.74, 6) is 0.760. The highest BCUT2D eigenvalue weighted by Crippen LogP contribution is 2.29. The lowest BCUT2D eigenvalue weighted by Crippen LogP contribution is -2.06. The van der Waals surface area contributed by atoms with Crippen LogP contribution in [0.4, 0.5) is 0 Å². The molecule has 0 aliphatic heterocycles. The topological polar surface area (TPSA) is 53.4 Å². The van der Waals surface area contributed by atoms with Crippen molar-refractivity contribution >= 4 is 5.97 Å². The molecule has 1 heterocycles. The number of imidazole rings is 1. The smallest absolute Gasteiger partial charge is 0.305 e. The molecule has 0 bridgehead atoms. The number of hydrogen-bond acceptors (Lipinski definition) is 4. The summed E-state index contributed by atoms with van der Waals surface area (Å²) >= 11 is 0. The standard InChI is InChI=1S/C21H30N2O3/c1-17(2)26-20-12-9-8-11-18(20)19-15-23(16-22-19)14-10-6-4-5-7-13-21(24)25-3/h8-9,11-12,15-17H,4-7,10,13-14H2,1-3H3. The quantitative estimate of drug-likeness (QED) is 0.425. The Kier molecular flexibility index (Phi) is 8.19. The number of nitrogens with zero attached hydrogens (tertiary/aromatic N) is 2. The third kappa shape index (κ3) is 6.54. The molecule has 0 saturated heterocycles. The van der Waals surface area contributed by atoms with E-state index in [4.69, 9.17) is 4.74 Å². The van der Waals surface area contributed by atoms with Gasteiger partial charge in [-0.25, -0.2) is 4.98 Å². The van der Waals surface area contributed by atoms with E-state index in [1.54, 1.807) is 0 Å². The fraction of sp³-hybridized carbons (Fsp3) is 0.524. The van der Waals surface area contributed by atoms with Crippen LogP contribution in [0.15, 0.2) is 36.8 Å². The summed E-state index contributed by atoms with van der Waals surface area (Å²) in [7, 11) is 1.44. The van der Waals surface area contributed by atoms with E-state index in [0.717, 1.165) is 55.7 Å². The highest BCUT2D eigenvalue weighted by Gasteiger charge is 2.10. The summed E-state index contributed by atoms with van der Waals surface area (Å²) in [5.41, 5.74) is 1.97. The molecule has 0 radical (unpaired) electrons. The molecular formula is C21H30N2O3. The van der Waals surface area contributed by atoms with Gasteiger partial charge in [-0.05, 0) is 38.8 Å². The van der Waals surface area contributed by atoms with Crippen LogP contribution in [-0.2, 0) is 16.1 Å². The minimum absolute atomic E-state index is 0.113. The van der Waals surface area contributed by atoms with Crippen LogP contribution in [0.1, 0.15) is 52.4 Å². The van der Waals surface area contributed by atoms with Crippen molar-refractivity contribution in [3.05, 3.63) is 36.8 Å². The maximum atomic E-state index is 11.0. The molecule has 5 nitrogen and oxygen atoms in total. The number of carbonyl (C=O) groups excluding carboxylic acids is 1. The number of benzene rings is 1. The number of aryl methyl sites for hydroxylation is 1. The van der Waals surface area contributed by atoms with Crippen LogP contribution in [0.2, 0.25) is 0 Å². The molecule has 0 atom stereocenters. The zero-order chi connectivity index (χ0) is 18.8. The minimum Gasteiger partial charge on any atom is -0.490 e. The third-order valence-electron chi connectivity index (χ3n) is 4.18. The Morgan fingerprint density at radius 2 is 1.85 bits per heavy atom. The zero-order valence-electron chi connectivity index (χ0n) is 16.1. The number of carbonyl (C=O) groups is 1. The Labute approximate surface area is 156 Å². The molecule has 0 amide bonds. The molecule has 0 saturated carbocycles. The number of aromatic nitrogens is 2. The van der Waals surface area contributed by atoms with Gasteiger partial charge in [0.05, 0.1) is 25.2 Å². The van der Waals surface area contributed by atoms with Crippen LogP contribution in [-0.4, -0.2) is 28.7 Å². The van der Waals surface area contributed by atoms with E-state index in [9.17, 15) is 4.79 Å². The summed E-state index contributed by atoms with van der Waals surface area (Å²) in [6.07, 6.45) is 10.0. The third-order valence-corrected chi connectivity index (χ3v) is 4.18. The average Bonchev–Trinajstić information content (AvgIpc) is 3.09. The maximum Gasteiger partial charge on any atom is 0.305 e. The fourth-order valence-electron chi connectivity index (χ4n) is 2.85. The Balaban J connectivity index is 1.77. The van der Waals surface area contributed by atoms with Gasteiger partial charge in [0.1, 0.15) is 5.75 Å². The minimum atomic E-state index is -0.113. The van der Waals surface area contributed by atoms with E-state index in [1.165, 1.54) is 7.11 Å². The van der Waals surface area contributed by atoms with Crippen molar-refractivity contribution in [3.8, 4) is 17.0 Å². The molecular weight excluding hydrogens is 328 g/mol. The van der Waals surface area contributed by atoms with Gasteiger partial charge < -0.3 is 14.0 Å². The predicted octanol–water partition coefficient (Wildman–Crippen LogP) is 4.85. The van der Waals surface area contributed by atoms with Crippen molar-refractivity contribution in [2.45, 2.75) is 65.0 Å². The average molecular weight is 358 g/mol. The number of esters is 1. The van der Waals surface area contributed by atoms with Gasteiger partial charge in [0, 0.05) is 24.7 Å². The zero-order valence-corrected chi connectivity index (χ0v) is 16.1. The largest absolute Gasteiger partial charge is 0.490 e. The molecule has 1 aromatic carbocycles. The van der Waals surface area contributed by atoms with Crippen molar-refractivity contribution in [2.75, 3.05) is 7.11 Å². The molecule has 142 valence electrons. The van der Waals surface area contributed by atoms with Crippen LogP contribution in [0.3, 0.4) is 0 Å². The first-order valence-corrected chi connectivity index (χ1v) is 9.45. The molecule has 2 aromatic rings. The lowest BCUT2D eigenvalue weighted by atomic mass is 10.1. The van der Waals surface area contributed by atoms with Crippen molar-refractivity contribution in [1.29, 1.82) is 0 Å². The van der Waals surface area contributed by atoms with Gasteiger partial charge in [-0.3, -0.25) is 4.79 Å². The van der Waals surface area contributed by atoms with Gasteiger partial charge in [0.25, 0.3) is 0 Å². The molecule has 5 heteroatoms. The first kappa shape index (κ1) is 20.0. The van der Waals surface area contributed by atoms with Crippen LogP contribution in [0.25, 0.3) is 11.3 Å². The van der Waals surface area contributed by atoms with Crippen LogP contribution in [0.5, 0.6) is 5.75 Å². The predicted molar refractivity (Wildman–Crippen MR) is 103 cm³/mol. The maximum absolute atomic E-state index is 11.0. The van der Waals surface area contributed by atoms with Gasteiger partial charge in [-0.15, -0.1) is 0 Å². The molecule has 0 aliphatic rings. The van der Waals surface area contributed by atoms with Gasteiger partial charge in [-0.2, -0.15) is 0 Å². The van der Waals surface area contributed by atoms with E-state index in [1.807, 2.05) is 44.4 Å². The lowest BCUT2D eigenvalue weighted by molar-refractivity contribution is -0.140. The molecule has 2 rings (SSSR count). The molecule has 0 N–H and O–H groups in total. The van der Waals surface area contributed by atoms with Crippen LogP contribution < -0.4 is 4.74 Å². The number of unbranched alkanes of at least 4 members (excludes halogenated alkanes) is 4. The van der Waals surface area contributed by atoms with E-state index in [2.05, 4.69) is 20.5 Å². The molecule has 0 unspecified atom stereocenters. The molecule has 1 aromatic heterocycles. The molecule has 0 spiro atoms. The van der Waals surface area contributed by atoms with Gasteiger partial charge in [-0.1, -0.05) is 31.4 Å². The molecule has 0 aliphatic carbocycles. The fourth-order valence-corrected chi connectivity index (χ4v) is 2.85. The number of para-hydroxylation sites is 1. The Hall–Kier alpha value is -2.30. The highest BCUT2D eigenvalue weighted by molar-refractivity contribution is 5.69.